The van der Waals surface area contributed by atoms with Crippen LogP contribution in [-0.4, -0.2) is 51.0 Å². The molecule has 2 aromatic carbocycles. The van der Waals surface area contributed by atoms with Crippen molar-refractivity contribution in [3.8, 4) is 0 Å². The molecule has 0 spiro atoms. The lowest BCUT2D eigenvalue weighted by atomic mass is 10.1. The Hall–Kier alpha value is -2.43. The minimum absolute atomic E-state index is 0.0368. The molecule has 0 heterocycles. The van der Waals surface area contributed by atoms with Crippen molar-refractivity contribution in [3.05, 3.63) is 63.6 Å². The summed E-state index contributed by atoms with van der Waals surface area (Å²) in [6.45, 7) is 1.35. The molecule has 0 fully saturated rings. The Morgan fingerprint density at radius 3 is 2.24 bits per heavy atom. The highest BCUT2D eigenvalue weighted by Gasteiger charge is 2.27. The van der Waals surface area contributed by atoms with Gasteiger partial charge in [0, 0.05) is 48.2 Å². The third-order valence-electron chi connectivity index (χ3n) is 5.15. The zero-order valence-electron chi connectivity index (χ0n) is 18.8. The van der Waals surface area contributed by atoms with E-state index in [9.17, 15) is 26.8 Å². The van der Waals surface area contributed by atoms with Gasteiger partial charge in [-0.3, -0.25) is 13.9 Å². The molecule has 2 rings (SSSR count). The van der Waals surface area contributed by atoms with Crippen molar-refractivity contribution in [3.63, 3.8) is 0 Å². The van der Waals surface area contributed by atoms with E-state index < -0.39 is 39.5 Å². The summed E-state index contributed by atoms with van der Waals surface area (Å²) in [5.74, 6) is -3.14. The van der Waals surface area contributed by atoms with Crippen LogP contribution in [-0.2, 0) is 26.2 Å². The number of nitrogens with zero attached hydrogens (tertiary/aromatic N) is 2. The summed E-state index contributed by atoms with van der Waals surface area (Å²) in [6, 6.07) is 6.76. The van der Waals surface area contributed by atoms with Gasteiger partial charge in [-0.2, -0.15) is 0 Å². The maximum atomic E-state index is 13.6. The minimum Gasteiger partial charge on any atom is -0.357 e. The number of sulfonamides is 1. The number of amides is 2. The summed E-state index contributed by atoms with van der Waals surface area (Å²) < 4.78 is 52.2. The van der Waals surface area contributed by atoms with E-state index in [0.717, 1.165) is 28.8 Å². The van der Waals surface area contributed by atoms with Crippen LogP contribution in [0.1, 0.15) is 25.3 Å². The van der Waals surface area contributed by atoms with E-state index in [1.807, 2.05) is 0 Å². The van der Waals surface area contributed by atoms with Crippen LogP contribution in [0.5, 0.6) is 0 Å². The molecule has 0 aliphatic carbocycles. The van der Waals surface area contributed by atoms with Crippen molar-refractivity contribution >= 4 is 50.7 Å². The number of rotatable bonds is 10. The van der Waals surface area contributed by atoms with E-state index in [2.05, 4.69) is 5.32 Å². The van der Waals surface area contributed by atoms with Crippen LogP contribution in [0.25, 0.3) is 0 Å². The van der Waals surface area contributed by atoms with Crippen molar-refractivity contribution in [1.29, 1.82) is 0 Å². The van der Waals surface area contributed by atoms with Gasteiger partial charge < -0.3 is 10.2 Å². The number of carbonyl (C=O) groups is 2. The lowest BCUT2D eigenvalue weighted by Crippen LogP contribution is -2.47. The second-order valence-electron chi connectivity index (χ2n) is 7.55. The molecule has 2 aromatic rings. The van der Waals surface area contributed by atoms with Gasteiger partial charge in [0.1, 0.15) is 6.04 Å². The number of hydrogen-bond donors (Lipinski definition) is 1. The molecule has 0 saturated heterocycles. The van der Waals surface area contributed by atoms with Gasteiger partial charge in [-0.05, 0) is 37.6 Å². The fraction of sp³-hybridized carbons (Fsp3) is 0.364. The van der Waals surface area contributed by atoms with Crippen LogP contribution in [0.4, 0.5) is 14.5 Å². The van der Waals surface area contributed by atoms with Crippen molar-refractivity contribution in [1.82, 2.24) is 10.2 Å². The molecule has 0 radical (unpaired) electrons. The Morgan fingerprint density at radius 1 is 1.09 bits per heavy atom. The zero-order valence-corrected chi connectivity index (χ0v) is 21.1. The van der Waals surface area contributed by atoms with E-state index in [1.165, 1.54) is 11.9 Å². The summed E-state index contributed by atoms with van der Waals surface area (Å²) in [7, 11) is -2.40. The number of anilines is 1. The molecule has 0 bridgehead atoms. The van der Waals surface area contributed by atoms with E-state index >= 15 is 0 Å². The van der Waals surface area contributed by atoms with E-state index in [0.29, 0.717) is 15.6 Å². The lowest BCUT2D eigenvalue weighted by molar-refractivity contribution is -0.140. The first-order valence-electron chi connectivity index (χ1n) is 10.2. The average Bonchev–Trinajstić information content (AvgIpc) is 2.76. The Bertz CT molecular complexity index is 1140. The molecule has 1 atom stereocenters. The molecule has 34 heavy (non-hydrogen) atoms. The fourth-order valence-electron chi connectivity index (χ4n) is 3.29. The van der Waals surface area contributed by atoms with Gasteiger partial charge >= 0.3 is 0 Å². The van der Waals surface area contributed by atoms with Gasteiger partial charge in [-0.15, -0.1) is 0 Å². The number of likely N-dealkylation sites (N-methyl/N-ethyl adjacent to an activating group) is 1. The summed E-state index contributed by atoms with van der Waals surface area (Å²) in [5, 5.41) is 3.15. The smallest absolute Gasteiger partial charge is 0.242 e. The van der Waals surface area contributed by atoms with Crippen LogP contribution in [0.2, 0.25) is 10.0 Å². The quantitative estimate of drug-likeness (QED) is 0.498. The molecule has 0 aliphatic rings. The topological polar surface area (TPSA) is 86.8 Å². The van der Waals surface area contributed by atoms with Crippen LogP contribution in [0.15, 0.2) is 36.4 Å². The van der Waals surface area contributed by atoms with Gasteiger partial charge in [0.2, 0.25) is 21.8 Å². The molecule has 2 amide bonds. The predicted molar refractivity (Wildman–Crippen MR) is 128 cm³/mol. The van der Waals surface area contributed by atoms with Crippen molar-refractivity contribution in [2.75, 3.05) is 24.2 Å². The normalized spacial score (nSPS) is 12.2. The van der Waals surface area contributed by atoms with Gasteiger partial charge in [0.15, 0.2) is 11.6 Å². The van der Waals surface area contributed by atoms with Crippen molar-refractivity contribution in [2.45, 2.75) is 32.4 Å². The maximum absolute atomic E-state index is 13.6. The molecule has 12 heteroatoms. The standard InChI is InChI=1S/C22H25Cl2F2N3O4S/c1-14(22(31)27-2)28(13-16-17(23)6-4-7-18(16)24)21(30)8-5-11-29(34(3,32)33)15-9-10-19(25)20(26)12-15/h4,6-7,9-10,12,14H,5,8,11,13H2,1-3H3,(H,27,31). The number of benzene rings is 2. The Labute approximate surface area is 207 Å². The van der Waals surface area contributed by atoms with Crippen LogP contribution in [0, 0.1) is 11.6 Å². The minimum atomic E-state index is -3.84. The third-order valence-corrected chi connectivity index (χ3v) is 7.05. The van der Waals surface area contributed by atoms with Crippen LogP contribution < -0.4 is 9.62 Å². The summed E-state index contributed by atoms with van der Waals surface area (Å²) in [4.78, 5) is 26.6. The monoisotopic (exact) mass is 535 g/mol. The highest BCUT2D eigenvalue weighted by atomic mass is 35.5. The molecular weight excluding hydrogens is 511 g/mol. The second kappa shape index (κ2) is 11.8. The average molecular weight is 536 g/mol. The SMILES string of the molecule is CNC(=O)C(C)N(Cc1c(Cl)cccc1Cl)C(=O)CCCN(c1ccc(F)c(F)c1)S(C)(=O)=O. The van der Waals surface area contributed by atoms with E-state index in [1.54, 1.807) is 25.1 Å². The summed E-state index contributed by atoms with van der Waals surface area (Å²) in [6.07, 6.45) is 0.854. The van der Waals surface area contributed by atoms with Crippen LogP contribution in [0.3, 0.4) is 0 Å². The molecule has 0 saturated carbocycles. The highest BCUT2D eigenvalue weighted by Crippen LogP contribution is 2.27. The maximum Gasteiger partial charge on any atom is 0.242 e. The zero-order chi connectivity index (χ0) is 25.6. The second-order valence-corrected chi connectivity index (χ2v) is 10.3. The molecule has 0 aromatic heterocycles. The molecule has 7 nitrogen and oxygen atoms in total. The van der Waals surface area contributed by atoms with Crippen molar-refractivity contribution < 1.29 is 26.8 Å². The Balaban J connectivity index is 2.21. The van der Waals surface area contributed by atoms with E-state index in [-0.39, 0.29) is 31.6 Å². The van der Waals surface area contributed by atoms with Gasteiger partial charge in [-0.1, -0.05) is 29.3 Å². The van der Waals surface area contributed by atoms with Gasteiger partial charge in [0.05, 0.1) is 11.9 Å². The fourth-order valence-corrected chi connectivity index (χ4v) is 4.76. The first kappa shape index (κ1) is 27.8. The Kier molecular flexibility index (Phi) is 9.66. The predicted octanol–water partition coefficient (Wildman–Crippen LogP) is 3.98. The summed E-state index contributed by atoms with van der Waals surface area (Å²) >= 11 is 12.5. The summed E-state index contributed by atoms with van der Waals surface area (Å²) in [5.41, 5.74) is 0.404. The first-order chi connectivity index (χ1) is 15.9. The first-order valence-corrected chi connectivity index (χ1v) is 12.8. The Morgan fingerprint density at radius 2 is 1.71 bits per heavy atom. The molecule has 0 aliphatic heterocycles. The lowest BCUT2D eigenvalue weighted by Gasteiger charge is -2.29. The highest BCUT2D eigenvalue weighted by molar-refractivity contribution is 7.92. The molecule has 1 N–H and O–H groups in total. The molecular formula is C22H25Cl2F2N3O4S. The third kappa shape index (κ3) is 7.04. The van der Waals surface area contributed by atoms with Crippen molar-refractivity contribution in [2.24, 2.45) is 0 Å². The van der Waals surface area contributed by atoms with Gasteiger partial charge in [0.25, 0.3) is 0 Å². The molecule has 1 unspecified atom stereocenters. The number of hydrogen-bond acceptors (Lipinski definition) is 4. The number of halogens is 4. The van der Waals surface area contributed by atoms with E-state index in [4.69, 9.17) is 23.2 Å². The largest absolute Gasteiger partial charge is 0.357 e. The number of carbonyl (C=O) groups excluding carboxylic acids is 2. The van der Waals surface area contributed by atoms with Gasteiger partial charge in [-0.25, -0.2) is 17.2 Å². The number of nitrogens with one attached hydrogen (secondary N) is 1. The van der Waals surface area contributed by atoms with Crippen LogP contribution >= 0.6 is 23.2 Å². The molecule has 186 valence electrons.